The molecule has 0 atom stereocenters. The fourth-order valence-corrected chi connectivity index (χ4v) is 6.57. The van der Waals surface area contributed by atoms with E-state index in [0.717, 1.165) is 0 Å². The highest BCUT2D eigenvalue weighted by molar-refractivity contribution is 6.04. The Morgan fingerprint density at radius 2 is 1.16 bits per heavy atom. The molecule has 0 aliphatic heterocycles. The minimum Gasteiger partial charge on any atom is -0.0616 e. The molecule has 3 aromatic carbocycles. The summed E-state index contributed by atoms with van der Waals surface area (Å²) in [6, 6.07) is 19.0. The highest BCUT2D eigenvalue weighted by Gasteiger charge is 2.43. The van der Waals surface area contributed by atoms with E-state index < -0.39 is 0 Å². The van der Waals surface area contributed by atoms with E-state index in [1.54, 1.807) is 16.7 Å². The summed E-state index contributed by atoms with van der Waals surface area (Å²) >= 11 is 0. The molecule has 3 aromatic rings. The third-order valence-electron chi connectivity index (χ3n) is 8.18. The molecular weight excluding hydrogens is 372 g/mol. The van der Waals surface area contributed by atoms with Gasteiger partial charge in [-0.2, -0.15) is 0 Å². The van der Waals surface area contributed by atoms with Gasteiger partial charge in [0.25, 0.3) is 0 Å². The zero-order chi connectivity index (χ0) is 21.3. The van der Waals surface area contributed by atoms with E-state index in [4.69, 9.17) is 0 Å². The van der Waals surface area contributed by atoms with Gasteiger partial charge in [0.15, 0.2) is 0 Å². The third kappa shape index (κ3) is 3.73. The summed E-state index contributed by atoms with van der Waals surface area (Å²) in [5.74, 6) is 0. The quantitative estimate of drug-likeness (QED) is 0.346. The lowest BCUT2D eigenvalue weighted by atomic mass is 9.70. The molecule has 0 unspecified atom stereocenters. The molecule has 1 spiro atoms. The molecule has 1 saturated carbocycles. The van der Waals surface area contributed by atoms with Gasteiger partial charge in [-0.15, -0.1) is 0 Å². The van der Waals surface area contributed by atoms with Crippen LogP contribution in [0.4, 0.5) is 0 Å². The van der Waals surface area contributed by atoms with Gasteiger partial charge in [-0.25, -0.2) is 0 Å². The molecule has 0 heterocycles. The molecular formula is C31H38. The minimum atomic E-state index is 0.208. The Hall–Kier alpha value is -2.08. The smallest absolute Gasteiger partial charge is 0.0215 e. The fourth-order valence-electron chi connectivity index (χ4n) is 6.57. The highest BCUT2D eigenvalue weighted by atomic mass is 14.5. The Bertz CT molecular complexity index is 1060. The molecule has 0 aromatic heterocycles. The third-order valence-corrected chi connectivity index (χ3v) is 8.18. The van der Waals surface area contributed by atoms with Gasteiger partial charge in [-0.05, 0) is 65.3 Å². The van der Waals surface area contributed by atoms with E-state index in [1.165, 1.54) is 105 Å². The van der Waals surface area contributed by atoms with Crippen LogP contribution >= 0.6 is 0 Å². The highest BCUT2D eigenvalue weighted by Crippen LogP contribution is 2.56. The van der Waals surface area contributed by atoms with E-state index in [2.05, 4.69) is 62.4 Å². The van der Waals surface area contributed by atoms with Gasteiger partial charge in [0.2, 0.25) is 0 Å². The largest absolute Gasteiger partial charge is 0.0616 e. The molecule has 0 N–H and O–H groups in total. The first-order chi connectivity index (χ1) is 15.2. The topological polar surface area (TPSA) is 0 Å². The van der Waals surface area contributed by atoms with E-state index in [1.807, 2.05) is 0 Å². The normalized spacial score (nSPS) is 19.3. The average molecular weight is 411 g/mol. The van der Waals surface area contributed by atoms with Crippen molar-refractivity contribution in [2.75, 3.05) is 0 Å². The van der Waals surface area contributed by atoms with Crippen LogP contribution in [-0.4, -0.2) is 0 Å². The molecule has 0 saturated heterocycles. The molecule has 0 radical (unpaired) electrons. The van der Waals surface area contributed by atoms with Crippen molar-refractivity contribution in [2.24, 2.45) is 0 Å². The number of rotatable bonds is 0. The zero-order valence-corrected chi connectivity index (χ0v) is 19.6. The van der Waals surface area contributed by atoms with Crippen molar-refractivity contribution >= 4 is 10.8 Å². The first-order valence-corrected chi connectivity index (χ1v) is 12.8. The fraction of sp³-hybridized carbons (Fsp3) is 0.484. The molecule has 0 amide bonds. The summed E-state index contributed by atoms with van der Waals surface area (Å²) in [6.45, 7) is 4.60. The first kappa shape index (κ1) is 20.8. The monoisotopic (exact) mass is 410 g/mol. The van der Waals surface area contributed by atoms with Crippen molar-refractivity contribution in [2.45, 2.75) is 96.3 Å². The SMILES string of the molecule is Cc1ccc2c(c1)C1(CCCCCCCCCCCC1)c1cc(C)c3ccccc3c1-2. The predicted octanol–water partition coefficient (Wildman–Crippen LogP) is 9.42. The molecule has 2 aliphatic carbocycles. The van der Waals surface area contributed by atoms with Gasteiger partial charge >= 0.3 is 0 Å². The van der Waals surface area contributed by atoms with Crippen LogP contribution in [-0.2, 0) is 5.41 Å². The van der Waals surface area contributed by atoms with Gasteiger partial charge in [-0.3, -0.25) is 0 Å². The van der Waals surface area contributed by atoms with E-state index in [0.29, 0.717) is 0 Å². The Morgan fingerprint density at radius 1 is 0.581 bits per heavy atom. The van der Waals surface area contributed by atoms with Crippen molar-refractivity contribution in [1.82, 2.24) is 0 Å². The summed E-state index contributed by atoms with van der Waals surface area (Å²) in [6.07, 6.45) is 16.7. The molecule has 2 aliphatic rings. The molecule has 31 heavy (non-hydrogen) atoms. The van der Waals surface area contributed by atoms with Crippen molar-refractivity contribution in [3.05, 3.63) is 70.8 Å². The number of benzene rings is 3. The van der Waals surface area contributed by atoms with Crippen LogP contribution in [0.2, 0.25) is 0 Å². The maximum atomic E-state index is 2.57. The summed E-state index contributed by atoms with van der Waals surface area (Å²) in [5, 5.41) is 2.89. The lowest BCUT2D eigenvalue weighted by Gasteiger charge is -2.33. The van der Waals surface area contributed by atoms with Crippen LogP contribution in [0.3, 0.4) is 0 Å². The summed E-state index contributed by atoms with van der Waals surface area (Å²) < 4.78 is 0. The summed E-state index contributed by atoms with van der Waals surface area (Å²) in [4.78, 5) is 0. The van der Waals surface area contributed by atoms with Crippen LogP contribution in [0.25, 0.3) is 21.9 Å². The minimum absolute atomic E-state index is 0.208. The molecule has 5 rings (SSSR count). The standard InChI is InChI=1S/C31H38/c1-23-17-18-27-28(21-23)31(19-13-9-7-5-3-4-6-8-10-14-20-31)29-22-24(2)25-15-11-12-16-26(25)30(27)29/h11-12,15-18,21-22H,3-10,13-14,19-20H2,1-2H3. The molecule has 1 fully saturated rings. The lowest BCUT2D eigenvalue weighted by molar-refractivity contribution is 0.402. The van der Waals surface area contributed by atoms with Gasteiger partial charge < -0.3 is 0 Å². The van der Waals surface area contributed by atoms with E-state index in [-0.39, 0.29) is 5.41 Å². The van der Waals surface area contributed by atoms with Gasteiger partial charge in [0.1, 0.15) is 0 Å². The second-order valence-electron chi connectivity index (χ2n) is 10.3. The Kier molecular flexibility index (Phi) is 5.91. The van der Waals surface area contributed by atoms with Gasteiger partial charge in [0, 0.05) is 5.41 Å². The van der Waals surface area contributed by atoms with Gasteiger partial charge in [0.05, 0.1) is 0 Å². The van der Waals surface area contributed by atoms with E-state index in [9.17, 15) is 0 Å². The molecule has 0 bridgehead atoms. The summed E-state index contributed by atoms with van der Waals surface area (Å²) in [7, 11) is 0. The zero-order valence-electron chi connectivity index (χ0n) is 19.6. The number of fused-ring (bicyclic) bond motifs is 7. The molecule has 0 nitrogen and oxygen atoms in total. The predicted molar refractivity (Wildman–Crippen MR) is 135 cm³/mol. The Morgan fingerprint density at radius 3 is 1.81 bits per heavy atom. The van der Waals surface area contributed by atoms with Crippen LogP contribution < -0.4 is 0 Å². The Balaban J connectivity index is 1.69. The lowest BCUT2D eigenvalue weighted by Crippen LogP contribution is -2.26. The van der Waals surface area contributed by atoms with Gasteiger partial charge in [-0.1, -0.05) is 118 Å². The number of hydrogen-bond acceptors (Lipinski definition) is 0. The molecule has 162 valence electrons. The maximum Gasteiger partial charge on any atom is 0.0215 e. The average Bonchev–Trinajstić information content (AvgIpc) is 3.05. The molecule has 0 heteroatoms. The first-order valence-electron chi connectivity index (χ1n) is 12.8. The number of hydrogen-bond donors (Lipinski definition) is 0. The second kappa shape index (κ2) is 8.81. The Labute approximate surface area is 189 Å². The van der Waals surface area contributed by atoms with Crippen LogP contribution in [0.1, 0.15) is 99.3 Å². The van der Waals surface area contributed by atoms with E-state index >= 15 is 0 Å². The van der Waals surface area contributed by atoms with Crippen molar-refractivity contribution in [3.63, 3.8) is 0 Å². The summed E-state index contributed by atoms with van der Waals surface area (Å²) in [5.41, 5.74) is 9.39. The number of aryl methyl sites for hydroxylation is 2. The van der Waals surface area contributed by atoms with Crippen LogP contribution in [0.5, 0.6) is 0 Å². The van der Waals surface area contributed by atoms with Crippen molar-refractivity contribution in [3.8, 4) is 11.1 Å². The van der Waals surface area contributed by atoms with Crippen LogP contribution in [0.15, 0.2) is 48.5 Å². The second-order valence-corrected chi connectivity index (χ2v) is 10.3. The van der Waals surface area contributed by atoms with Crippen LogP contribution in [0, 0.1) is 13.8 Å². The maximum absolute atomic E-state index is 2.57. The van der Waals surface area contributed by atoms with Crippen molar-refractivity contribution in [1.29, 1.82) is 0 Å². The van der Waals surface area contributed by atoms with Crippen molar-refractivity contribution < 1.29 is 0 Å².